The summed E-state index contributed by atoms with van der Waals surface area (Å²) >= 11 is 0. The van der Waals surface area contributed by atoms with Gasteiger partial charge in [-0.25, -0.2) is 4.98 Å². The van der Waals surface area contributed by atoms with E-state index in [9.17, 15) is 9.59 Å². The van der Waals surface area contributed by atoms with Crippen molar-refractivity contribution in [2.24, 2.45) is 0 Å². The number of pyridine rings is 1. The number of imidazole rings is 1. The van der Waals surface area contributed by atoms with Gasteiger partial charge in [0.2, 0.25) is 5.78 Å². The summed E-state index contributed by atoms with van der Waals surface area (Å²) in [6.07, 6.45) is 6.71. The number of aromatic amines is 1. The number of nitrogens with one attached hydrogen (secondary N) is 1. The van der Waals surface area contributed by atoms with Crippen molar-refractivity contribution >= 4 is 17.4 Å². The molecular weight excluding hydrogens is 366 g/mol. The van der Waals surface area contributed by atoms with Crippen molar-refractivity contribution in [3.63, 3.8) is 0 Å². The number of rotatable bonds is 5. The summed E-state index contributed by atoms with van der Waals surface area (Å²) in [7, 11) is 1.80. The number of carbonyl (C=O) groups excluding carboxylic acids is 2. The Balaban J connectivity index is 1.44. The highest BCUT2D eigenvalue weighted by molar-refractivity contribution is 6.13. The van der Waals surface area contributed by atoms with Crippen LogP contribution in [0.5, 0.6) is 0 Å². The van der Waals surface area contributed by atoms with E-state index in [0.29, 0.717) is 5.56 Å². The molecule has 2 aromatic heterocycles. The minimum absolute atomic E-state index is 0.114. The lowest BCUT2D eigenvalue weighted by molar-refractivity contribution is 0.0700. The van der Waals surface area contributed by atoms with E-state index < -0.39 is 0 Å². The Hall–Kier alpha value is -3.48. The van der Waals surface area contributed by atoms with Crippen LogP contribution in [0.15, 0.2) is 61.2 Å². The fourth-order valence-electron chi connectivity index (χ4n) is 3.76. The van der Waals surface area contributed by atoms with Crippen LogP contribution in [0.4, 0.5) is 5.69 Å². The van der Waals surface area contributed by atoms with Gasteiger partial charge >= 0.3 is 0 Å². The number of hydrogen-bond acceptors (Lipinski definition) is 5. The lowest BCUT2D eigenvalue weighted by Gasteiger charge is -2.37. The van der Waals surface area contributed by atoms with E-state index >= 15 is 0 Å². The monoisotopic (exact) mass is 389 g/mol. The molecule has 1 aliphatic heterocycles. The molecule has 0 aliphatic carbocycles. The van der Waals surface area contributed by atoms with Crippen LogP contribution >= 0.6 is 0 Å². The number of hydrogen-bond donors (Lipinski definition) is 1. The Bertz CT molecular complexity index is 979. The summed E-state index contributed by atoms with van der Waals surface area (Å²) in [5, 5.41) is 0. The molecule has 148 valence electrons. The van der Waals surface area contributed by atoms with Crippen molar-refractivity contribution in [2.45, 2.75) is 18.9 Å². The van der Waals surface area contributed by atoms with Gasteiger partial charge in [0.05, 0.1) is 6.33 Å². The van der Waals surface area contributed by atoms with E-state index in [1.165, 1.54) is 6.33 Å². The standard InChI is InChI=1S/C22H23N5O2/c1-26(17-9-13-27(14-10-17)18-7-11-23-12-8-18)22(29)20-19(24-15-25-20)21(28)16-5-3-2-4-6-16/h2-8,11-12,15,17H,9-10,13-14H2,1H3,(H,24,25). The summed E-state index contributed by atoms with van der Waals surface area (Å²) in [6.45, 7) is 1.73. The third-order valence-corrected chi connectivity index (χ3v) is 5.46. The second-order valence-electron chi connectivity index (χ2n) is 7.16. The van der Waals surface area contributed by atoms with Gasteiger partial charge in [-0.1, -0.05) is 30.3 Å². The van der Waals surface area contributed by atoms with Crippen molar-refractivity contribution in [1.82, 2.24) is 19.9 Å². The Kier molecular flexibility index (Phi) is 5.37. The van der Waals surface area contributed by atoms with Crippen LogP contribution in [0.3, 0.4) is 0 Å². The van der Waals surface area contributed by atoms with E-state index in [-0.39, 0.29) is 29.1 Å². The normalized spacial score (nSPS) is 14.6. The zero-order valence-electron chi connectivity index (χ0n) is 16.3. The van der Waals surface area contributed by atoms with Crippen LogP contribution in [0.25, 0.3) is 0 Å². The van der Waals surface area contributed by atoms with Gasteiger partial charge in [0.25, 0.3) is 5.91 Å². The Labute approximate surface area is 169 Å². The molecule has 4 rings (SSSR count). The van der Waals surface area contributed by atoms with Crippen molar-refractivity contribution in [3.05, 3.63) is 78.1 Å². The first-order valence-corrected chi connectivity index (χ1v) is 9.70. The minimum atomic E-state index is -0.254. The fourth-order valence-corrected chi connectivity index (χ4v) is 3.76. The third kappa shape index (κ3) is 3.89. The minimum Gasteiger partial charge on any atom is -0.371 e. The summed E-state index contributed by atoms with van der Waals surface area (Å²) in [6, 6.07) is 13.0. The average molecular weight is 389 g/mol. The Morgan fingerprint density at radius 2 is 1.76 bits per heavy atom. The molecule has 3 aromatic rings. The maximum absolute atomic E-state index is 13.1. The topological polar surface area (TPSA) is 82.2 Å². The fraction of sp³-hybridized carbons (Fsp3) is 0.273. The molecule has 1 aromatic carbocycles. The number of H-pyrrole nitrogens is 1. The van der Waals surface area contributed by atoms with Crippen LogP contribution in [-0.2, 0) is 0 Å². The maximum atomic E-state index is 13.1. The smallest absolute Gasteiger partial charge is 0.272 e. The maximum Gasteiger partial charge on any atom is 0.272 e. The van der Waals surface area contributed by atoms with Gasteiger partial charge in [0.1, 0.15) is 11.4 Å². The summed E-state index contributed by atoms with van der Waals surface area (Å²) in [4.78, 5) is 41.0. The zero-order chi connectivity index (χ0) is 20.2. The first-order valence-electron chi connectivity index (χ1n) is 9.70. The van der Waals surface area contributed by atoms with Gasteiger partial charge in [-0.3, -0.25) is 14.6 Å². The molecule has 0 radical (unpaired) electrons. The molecule has 1 aliphatic rings. The molecule has 1 amide bonds. The largest absolute Gasteiger partial charge is 0.371 e. The van der Waals surface area contributed by atoms with E-state index in [1.54, 1.807) is 48.6 Å². The second kappa shape index (κ2) is 8.26. The van der Waals surface area contributed by atoms with Crippen LogP contribution in [0.1, 0.15) is 39.4 Å². The number of aromatic nitrogens is 3. The van der Waals surface area contributed by atoms with Gasteiger partial charge in [0.15, 0.2) is 0 Å². The molecule has 0 atom stereocenters. The van der Waals surface area contributed by atoms with Gasteiger partial charge < -0.3 is 14.8 Å². The predicted octanol–water partition coefficient (Wildman–Crippen LogP) is 2.78. The molecule has 3 heterocycles. The number of ketones is 1. The quantitative estimate of drug-likeness (QED) is 0.679. The van der Waals surface area contributed by atoms with E-state index in [0.717, 1.165) is 31.6 Å². The van der Waals surface area contributed by atoms with Gasteiger partial charge in [-0.05, 0) is 25.0 Å². The number of amides is 1. The van der Waals surface area contributed by atoms with Crippen molar-refractivity contribution in [3.8, 4) is 0 Å². The Morgan fingerprint density at radius 3 is 2.45 bits per heavy atom. The number of carbonyl (C=O) groups is 2. The van der Waals surface area contributed by atoms with Crippen LogP contribution in [-0.4, -0.2) is 57.7 Å². The first kappa shape index (κ1) is 18.9. The summed E-state index contributed by atoms with van der Waals surface area (Å²) in [5.41, 5.74) is 2.08. The van der Waals surface area contributed by atoms with E-state index in [2.05, 4.69) is 19.9 Å². The molecule has 0 bridgehead atoms. The third-order valence-electron chi connectivity index (χ3n) is 5.46. The van der Waals surface area contributed by atoms with Crippen LogP contribution in [0.2, 0.25) is 0 Å². The number of nitrogens with zero attached hydrogens (tertiary/aromatic N) is 4. The van der Waals surface area contributed by atoms with Crippen molar-refractivity contribution in [1.29, 1.82) is 0 Å². The molecule has 0 unspecified atom stereocenters. The predicted molar refractivity (Wildman–Crippen MR) is 110 cm³/mol. The molecule has 7 heteroatoms. The van der Waals surface area contributed by atoms with Gasteiger partial charge in [0, 0.05) is 49.8 Å². The summed E-state index contributed by atoms with van der Waals surface area (Å²) in [5.74, 6) is -0.458. The average Bonchev–Trinajstić information content (AvgIpc) is 3.29. The number of piperidine rings is 1. The Morgan fingerprint density at radius 1 is 1.07 bits per heavy atom. The molecule has 29 heavy (non-hydrogen) atoms. The summed E-state index contributed by atoms with van der Waals surface area (Å²) < 4.78 is 0. The van der Waals surface area contributed by atoms with Crippen LogP contribution in [0, 0.1) is 0 Å². The molecule has 1 saturated heterocycles. The van der Waals surface area contributed by atoms with Crippen LogP contribution < -0.4 is 4.90 Å². The number of anilines is 1. The SMILES string of the molecule is CN(C(=O)c1[nH]cnc1C(=O)c1ccccc1)C1CCN(c2ccncc2)CC1. The van der Waals surface area contributed by atoms with E-state index in [1.807, 2.05) is 18.2 Å². The van der Waals surface area contributed by atoms with Gasteiger partial charge in [-0.2, -0.15) is 0 Å². The van der Waals surface area contributed by atoms with Crippen molar-refractivity contribution < 1.29 is 9.59 Å². The number of benzene rings is 1. The molecule has 7 nitrogen and oxygen atoms in total. The molecular formula is C22H23N5O2. The lowest BCUT2D eigenvalue weighted by atomic mass is 10.0. The molecule has 1 fully saturated rings. The zero-order valence-corrected chi connectivity index (χ0v) is 16.3. The molecule has 1 N–H and O–H groups in total. The second-order valence-corrected chi connectivity index (χ2v) is 7.16. The first-order chi connectivity index (χ1) is 14.1. The molecule has 0 spiro atoms. The van der Waals surface area contributed by atoms with E-state index in [4.69, 9.17) is 0 Å². The molecule has 0 saturated carbocycles. The highest BCUT2D eigenvalue weighted by atomic mass is 16.2. The lowest BCUT2D eigenvalue weighted by Crippen LogP contribution is -2.46. The van der Waals surface area contributed by atoms with Gasteiger partial charge in [-0.15, -0.1) is 0 Å². The van der Waals surface area contributed by atoms with Crippen molar-refractivity contribution in [2.75, 3.05) is 25.0 Å². The highest BCUT2D eigenvalue weighted by Crippen LogP contribution is 2.23. The highest BCUT2D eigenvalue weighted by Gasteiger charge is 2.29.